The number of nitrogens with zero attached hydrogens (tertiary/aromatic N) is 2. The minimum absolute atomic E-state index is 0.292. The largest absolute Gasteiger partial charge is 0.492 e. The molecule has 132 valence electrons. The van der Waals surface area contributed by atoms with Crippen LogP contribution >= 0.6 is 0 Å². The third-order valence-corrected chi connectivity index (χ3v) is 3.69. The molecule has 2 amide bonds. The second-order valence-electron chi connectivity index (χ2n) is 5.52. The summed E-state index contributed by atoms with van der Waals surface area (Å²) < 4.78 is 5.51. The molecule has 6 nitrogen and oxygen atoms in total. The minimum Gasteiger partial charge on any atom is -0.492 e. The molecule has 0 atom stereocenters. The van der Waals surface area contributed by atoms with Gasteiger partial charge in [-0.05, 0) is 48.9 Å². The zero-order valence-corrected chi connectivity index (χ0v) is 14.5. The molecule has 2 aromatic heterocycles. The summed E-state index contributed by atoms with van der Waals surface area (Å²) in [7, 11) is 0. The molecule has 0 unspecified atom stereocenters. The Morgan fingerprint density at radius 1 is 1.08 bits per heavy atom. The van der Waals surface area contributed by atoms with Crippen LogP contribution in [0.15, 0.2) is 67.1 Å². The fraction of sp³-hybridized carbons (Fsp3) is 0.150. The molecule has 1 aromatic carbocycles. The van der Waals surface area contributed by atoms with Gasteiger partial charge in [0.15, 0.2) is 0 Å². The zero-order valence-electron chi connectivity index (χ0n) is 14.5. The number of amides is 2. The fourth-order valence-electron chi connectivity index (χ4n) is 2.46. The van der Waals surface area contributed by atoms with Crippen molar-refractivity contribution in [3.8, 4) is 17.0 Å². The van der Waals surface area contributed by atoms with Gasteiger partial charge in [-0.1, -0.05) is 12.1 Å². The van der Waals surface area contributed by atoms with Gasteiger partial charge in [-0.3, -0.25) is 9.97 Å². The van der Waals surface area contributed by atoms with Gasteiger partial charge < -0.3 is 15.4 Å². The minimum atomic E-state index is -0.292. The summed E-state index contributed by atoms with van der Waals surface area (Å²) in [5.41, 5.74) is 3.42. The van der Waals surface area contributed by atoms with Crippen molar-refractivity contribution in [3.63, 3.8) is 0 Å². The molecular weight excluding hydrogens is 328 g/mol. The predicted molar refractivity (Wildman–Crippen MR) is 101 cm³/mol. The molecule has 2 N–H and O–H groups in total. The number of hydrogen-bond acceptors (Lipinski definition) is 4. The molecule has 0 aliphatic carbocycles. The van der Waals surface area contributed by atoms with E-state index < -0.39 is 0 Å². The monoisotopic (exact) mass is 348 g/mol. The lowest BCUT2D eigenvalue weighted by Gasteiger charge is -2.12. The summed E-state index contributed by atoms with van der Waals surface area (Å²) in [6, 6.07) is 14.7. The van der Waals surface area contributed by atoms with Crippen LogP contribution in [0.25, 0.3) is 11.3 Å². The van der Waals surface area contributed by atoms with E-state index in [0.717, 1.165) is 16.8 Å². The third-order valence-electron chi connectivity index (χ3n) is 3.69. The Kier molecular flexibility index (Phi) is 5.77. The van der Waals surface area contributed by atoms with Crippen molar-refractivity contribution in [2.45, 2.75) is 13.5 Å². The number of carbonyl (C=O) groups excluding carboxylic acids is 1. The van der Waals surface area contributed by atoms with E-state index in [9.17, 15) is 4.79 Å². The predicted octanol–water partition coefficient (Wildman–Crippen LogP) is 3.86. The molecule has 0 saturated heterocycles. The molecular formula is C20H20N4O2. The molecule has 6 heteroatoms. The number of hydrogen-bond donors (Lipinski definition) is 2. The molecule has 26 heavy (non-hydrogen) atoms. The zero-order chi connectivity index (χ0) is 18.2. The molecule has 0 radical (unpaired) electrons. The summed E-state index contributed by atoms with van der Waals surface area (Å²) in [5, 5.41) is 5.66. The number of ether oxygens (including phenoxy) is 1. The lowest BCUT2D eigenvalue weighted by Crippen LogP contribution is -2.28. The number of pyridine rings is 2. The quantitative estimate of drug-likeness (QED) is 0.709. The van der Waals surface area contributed by atoms with E-state index in [0.29, 0.717) is 24.6 Å². The van der Waals surface area contributed by atoms with Crippen molar-refractivity contribution in [1.82, 2.24) is 15.3 Å². The van der Waals surface area contributed by atoms with E-state index in [1.165, 1.54) is 0 Å². The van der Waals surface area contributed by atoms with Crippen molar-refractivity contribution in [1.29, 1.82) is 0 Å². The second-order valence-corrected chi connectivity index (χ2v) is 5.52. The molecule has 3 aromatic rings. The highest BCUT2D eigenvalue weighted by Crippen LogP contribution is 2.23. The Labute approximate surface area is 152 Å². The number of aromatic nitrogens is 2. The average Bonchev–Trinajstić information content (AvgIpc) is 2.69. The van der Waals surface area contributed by atoms with Crippen LogP contribution in [0, 0.1) is 0 Å². The number of rotatable bonds is 6. The Morgan fingerprint density at radius 3 is 2.69 bits per heavy atom. The van der Waals surface area contributed by atoms with E-state index >= 15 is 0 Å². The van der Waals surface area contributed by atoms with Crippen molar-refractivity contribution in [2.75, 3.05) is 11.9 Å². The molecule has 0 fully saturated rings. The Hall–Kier alpha value is -3.41. The van der Waals surface area contributed by atoms with Gasteiger partial charge in [0, 0.05) is 30.7 Å². The van der Waals surface area contributed by atoms with Crippen LogP contribution in [0.5, 0.6) is 5.75 Å². The second kappa shape index (κ2) is 8.62. The van der Waals surface area contributed by atoms with Crippen LogP contribution in [0.4, 0.5) is 10.5 Å². The van der Waals surface area contributed by atoms with Gasteiger partial charge in [0.25, 0.3) is 0 Å². The van der Waals surface area contributed by atoms with Crippen molar-refractivity contribution in [2.24, 2.45) is 0 Å². The Balaban J connectivity index is 1.62. The van der Waals surface area contributed by atoms with Crippen LogP contribution in [0.1, 0.15) is 12.5 Å². The molecule has 0 saturated carbocycles. The first-order chi connectivity index (χ1) is 12.8. The lowest BCUT2D eigenvalue weighted by atomic mass is 10.1. The highest BCUT2D eigenvalue weighted by molar-refractivity contribution is 5.90. The van der Waals surface area contributed by atoms with E-state index in [4.69, 9.17) is 4.74 Å². The van der Waals surface area contributed by atoms with Crippen LogP contribution in [0.2, 0.25) is 0 Å². The standard InChI is InChI=1S/C20H20N4O2/c1-2-26-19-6-4-3-5-17(19)24-20(25)23-14-15-7-12-22-18(13-15)16-8-10-21-11-9-16/h3-13H,2,14H2,1H3,(H2,23,24,25). The molecule has 3 rings (SSSR count). The molecule has 0 aliphatic rings. The van der Waals surface area contributed by atoms with Gasteiger partial charge in [-0.15, -0.1) is 0 Å². The van der Waals surface area contributed by atoms with Gasteiger partial charge in [-0.2, -0.15) is 0 Å². The van der Waals surface area contributed by atoms with E-state index in [-0.39, 0.29) is 6.03 Å². The topological polar surface area (TPSA) is 76.1 Å². The van der Waals surface area contributed by atoms with Crippen molar-refractivity contribution in [3.05, 3.63) is 72.7 Å². The summed E-state index contributed by atoms with van der Waals surface area (Å²) in [6.45, 7) is 2.83. The average molecular weight is 348 g/mol. The first kappa shape index (κ1) is 17.4. The number of anilines is 1. The van der Waals surface area contributed by atoms with Gasteiger partial charge in [0.2, 0.25) is 0 Å². The van der Waals surface area contributed by atoms with Crippen molar-refractivity contribution < 1.29 is 9.53 Å². The highest BCUT2D eigenvalue weighted by Gasteiger charge is 2.07. The van der Waals surface area contributed by atoms with Crippen LogP contribution < -0.4 is 15.4 Å². The maximum atomic E-state index is 12.2. The maximum Gasteiger partial charge on any atom is 0.319 e. The number of nitrogens with one attached hydrogen (secondary N) is 2. The van der Waals surface area contributed by atoms with E-state index in [1.54, 1.807) is 24.7 Å². The number of benzene rings is 1. The smallest absolute Gasteiger partial charge is 0.319 e. The van der Waals surface area contributed by atoms with E-state index in [2.05, 4.69) is 20.6 Å². The molecule has 0 bridgehead atoms. The van der Waals surface area contributed by atoms with Gasteiger partial charge in [0.1, 0.15) is 5.75 Å². The van der Waals surface area contributed by atoms with E-state index in [1.807, 2.05) is 49.4 Å². The van der Waals surface area contributed by atoms with Gasteiger partial charge >= 0.3 is 6.03 Å². The first-order valence-electron chi connectivity index (χ1n) is 8.38. The fourth-order valence-corrected chi connectivity index (χ4v) is 2.46. The summed E-state index contributed by atoms with van der Waals surface area (Å²) >= 11 is 0. The van der Waals surface area contributed by atoms with Crippen molar-refractivity contribution >= 4 is 11.7 Å². The highest BCUT2D eigenvalue weighted by atomic mass is 16.5. The van der Waals surface area contributed by atoms with Crippen LogP contribution in [0.3, 0.4) is 0 Å². The first-order valence-corrected chi connectivity index (χ1v) is 8.38. The van der Waals surface area contributed by atoms with Crippen LogP contribution in [-0.4, -0.2) is 22.6 Å². The lowest BCUT2D eigenvalue weighted by molar-refractivity contribution is 0.251. The third kappa shape index (κ3) is 4.57. The van der Waals surface area contributed by atoms with Gasteiger partial charge in [0.05, 0.1) is 18.0 Å². The summed E-state index contributed by atoms with van der Waals surface area (Å²) in [4.78, 5) is 20.6. The maximum absolute atomic E-state index is 12.2. The Morgan fingerprint density at radius 2 is 1.88 bits per heavy atom. The van der Waals surface area contributed by atoms with Crippen LogP contribution in [-0.2, 0) is 6.54 Å². The Bertz CT molecular complexity index is 868. The van der Waals surface area contributed by atoms with Gasteiger partial charge in [-0.25, -0.2) is 4.79 Å². The number of carbonyl (C=O) groups is 1. The SMILES string of the molecule is CCOc1ccccc1NC(=O)NCc1ccnc(-c2ccncc2)c1. The molecule has 2 heterocycles. The number of urea groups is 1. The molecule has 0 aliphatic heterocycles. The normalized spacial score (nSPS) is 10.2. The summed E-state index contributed by atoms with van der Waals surface area (Å²) in [5.74, 6) is 0.647. The molecule has 0 spiro atoms. The number of para-hydroxylation sites is 2. The summed E-state index contributed by atoms with van der Waals surface area (Å²) in [6.07, 6.45) is 5.19.